The summed E-state index contributed by atoms with van der Waals surface area (Å²) < 4.78 is 0. The quantitative estimate of drug-likeness (QED) is 0.563. The molecule has 0 fully saturated rings. The molecule has 0 spiro atoms. The molecule has 0 radical (unpaired) electrons. The summed E-state index contributed by atoms with van der Waals surface area (Å²) in [5, 5.41) is 2.43. The van der Waals surface area contributed by atoms with Gasteiger partial charge < -0.3 is 0 Å². The highest BCUT2D eigenvalue weighted by molar-refractivity contribution is 7.12. The fourth-order valence-electron chi connectivity index (χ4n) is 2.08. The first kappa shape index (κ1) is 14.9. The van der Waals surface area contributed by atoms with Crippen LogP contribution in [0.25, 0.3) is 0 Å². The summed E-state index contributed by atoms with van der Waals surface area (Å²) in [7, 11) is 0. The van der Waals surface area contributed by atoms with Gasteiger partial charge in [-0.15, -0.1) is 11.3 Å². The van der Waals surface area contributed by atoms with Crippen LogP contribution < -0.4 is 0 Å². The SMILES string of the molecule is CCC[C@@H](C(=O)c1ccc(Cl)cc1)C(=O)c1cccs1. The van der Waals surface area contributed by atoms with Gasteiger partial charge in [-0.2, -0.15) is 0 Å². The number of carbonyl (C=O) groups is 2. The average molecular weight is 307 g/mol. The smallest absolute Gasteiger partial charge is 0.183 e. The molecule has 1 heterocycles. The van der Waals surface area contributed by atoms with E-state index < -0.39 is 5.92 Å². The van der Waals surface area contributed by atoms with E-state index >= 15 is 0 Å². The summed E-state index contributed by atoms with van der Waals surface area (Å²) in [6.07, 6.45) is 1.36. The van der Waals surface area contributed by atoms with Crippen molar-refractivity contribution in [1.82, 2.24) is 0 Å². The molecule has 0 aliphatic carbocycles. The van der Waals surface area contributed by atoms with Crippen LogP contribution in [0.5, 0.6) is 0 Å². The molecule has 1 aromatic carbocycles. The molecule has 0 bridgehead atoms. The van der Waals surface area contributed by atoms with Crippen LogP contribution in [0.3, 0.4) is 0 Å². The number of hydrogen-bond acceptors (Lipinski definition) is 3. The van der Waals surface area contributed by atoms with E-state index in [9.17, 15) is 9.59 Å². The van der Waals surface area contributed by atoms with E-state index in [2.05, 4.69) is 0 Å². The molecule has 0 aliphatic heterocycles. The predicted molar refractivity (Wildman–Crippen MR) is 82.8 cm³/mol. The molecule has 2 nitrogen and oxygen atoms in total. The van der Waals surface area contributed by atoms with Gasteiger partial charge in [-0.05, 0) is 42.1 Å². The highest BCUT2D eigenvalue weighted by Crippen LogP contribution is 2.23. The molecule has 0 unspecified atom stereocenters. The summed E-state index contributed by atoms with van der Waals surface area (Å²) >= 11 is 7.20. The van der Waals surface area contributed by atoms with Gasteiger partial charge in [0, 0.05) is 10.6 Å². The highest BCUT2D eigenvalue weighted by Gasteiger charge is 2.28. The average Bonchev–Trinajstić information content (AvgIpc) is 2.98. The number of carbonyl (C=O) groups excluding carboxylic acids is 2. The second-order valence-corrected chi connectivity index (χ2v) is 5.94. The molecule has 0 saturated heterocycles. The van der Waals surface area contributed by atoms with E-state index in [0.29, 0.717) is 21.9 Å². The molecule has 0 aliphatic rings. The van der Waals surface area contributed by atoms with Crippen LogP contribution in [-0.4, -0.2) is 11.6 Å². The van der Waals surface area contributed by atoms with Crippen molar-refractivity contribution >= 4 is 34.5 Å². The van der Waals surface area contributed by atoms with E-state index in [0.717, 1.165) is 6.42 Å². The Kier molecular flexibility index (Phi) is 5.10. The number of rotatable bonds is 6. The van der Waals surface area contributed by atoms with E-state index in [1.165, 1.54) is 11.3 Å². The lowest BCUT2D eigenvalue weighted by Crippen LogP contribution is -2.23. The fourth-order valence-corrected chi connectivity index (χ4v) is 2.92. The van der Waals surface area contributed by atoms with Crippen LogP contribution in [0.1, 0.15) is 39.8 Å². The van der Waals surface area contributed by atoms with Gasteiger partial charge in [-0.1, -0.05) is 31.0 Å². The van der Waals surface area contributed by atoms with Gasteiger partial charge in [0.15, 0.2) is 11.6 Å². The summed E-state index contributed by atoms with van der Waals surface area (Å²) in [6.45, 7) is 1.98. The third kappa shape index (κ3) is 3.35. The lowest BCUT2D eigenvalue weighted by Gasteiger charge is -2.13. The monoisotopic (exact) mass is 306 g/mol. The van der Waals surface area contributed by atoms with E-state index in [1.54, 1.807) is 30.3 Å². The van der Waals surface area contributed by atoms with Gasteiger partial charge in [-0.25, -0.2) is 0 Å². The molecular formula is C16H15ClO2S. The molecule has 4 heteroatoms. The van der Waals surface area contributed by atoms with Crippen LogP contribution in [0.2, 0.25) is 5.02 Å². The number of ketones is 2. The molecular weight excluding hydrogens is 292 g/mol. The van der Waals surface area contributed by atoms with Gasteiger partial charge in [-0.3, -0.25) is 9.59 Å². The van der Waals surface area contributed by atoms with Gasteiger partial charge in [0.25, 0.3) is 0 Å². The molecule has 2 rings (SSSR count). The third-order valence-electron chi connectivity index (χ3n) is 3.10. The van der Waals surface area contributed by atoms with Crippen molar-refractivity contribution in [2.24, 2.45) is 5.92 Å². The first-order valence-corrected chi connectivity index (χ1v) is 7.76. The van der Waals surface area contributed by atoms with E-state index in [1.807, 2.05) is 18.4 Å². The maximum Gasteiger partial charge on any atom is 0.183 e. The van der Waals surface area contributed by atoms with Gasteiger partial charge >= 0.3 is 0 Å². The number of benzene rings is 1. The minimum atomic E-state index is -0.597. The third-order valence-corrected chi connectivity index (χ3v) is 4.24. The van der Waals surface area contributed by atoms with Crippen molar-refractivity contribution in [3.05, 3.63) is 57.2 Å². The Hall–Kier alpha value is -1.45. The number of hydrogen-bond donors (Lipinski definition) is 0. The second-order valence-electron chi connectivity index (χ2n) is 4.55. The normalized spacial score (nSPS) is 12.1. The first-order chi connectivity index (χ1) is 9.63. The molecule has 0 amide bonds. The van der Waals surface area contributed by atoms with Crippen molar-refractivity contribution in [3.63, 3.8) is 0 Å². The zero-order chi connectivity index (χ0) is 14.5. The van der Waals surface area contributed by atoms with Crippen molar-refractivity contribution in [2.75, 3.05) is 0 Å². The Balaban J connectivity index is 2.26. The summed E-state index contributed by atoms with van der Waals surface area (Å²) in [5.41, 5.74) is 0.540. The lowest BCUT2D eigenvalue weighted by molar-refractivity contribution is 0.0801. The van der Waals surface area contributed by atoms with Gasteiger partial charge in [0.1, 0.15) is 0 Å². The maximum atomic E-state index is 12.5. The Morgan fingerprint density at radius 1 is 1.15 bits per heavy atom. The number of Topliss-reactive ketones (excluding diaryl/α,β-unsaturated/α-hetero) is 2. The van der Waals surface area contributed by atoms with Crippen molar-refractivity contribution < 1.29 is 9.59 Å². The molecule has 0 N–H and O–H groups in total. The number of halogens is 1. The predicted octanol–water partition coefficient (Wildman–Crippen LogP) is 4.88. The van der Waals surface area contributed by atoms with Gasteiger partial charge in [0.2, 0.25) is 0 Å². The Bertz CT molecular complexity index is 587. The fraction of sp³-hybridized carbons (Fsp3) is 0.250. The molecule has 1 atom stereocenters. The molecule has 0 saturated carbocycles. The molecule has 20 heavy (non-hydrogen) atoms. The maximum absolute atomic E-state index is 12.5. The lowest BCUT2D eigenvalue weighted by atomic mass is 9.89. The first-order valence-electron chi connectivity index (χ1n) is 6.51. The molecule has 2 aromatic rings. The van der Waals surface area contributed by atoms with Crippen LogP contribution in [-0.2, 0) is 0 Å². The molecule has 1 aromatic heterocycles. The van der Waals surface area contributed by atoms with Crippen molar-refractivity contribution in [2.45, 2.75) is 19.8 Å². The largest absolute Gasteiger partial charge is 0.293 e. The summed E-state index contributed by atoms with van der Waals surface area (Å²) in [6, 6.07) is 10.3. The van der Waals surface area contributed by atoms with E-state index in [-0.39, 0.29) is 11.6 Å². The van der Waals surface area contributed by atoms with E-state index in [4.69, 9.17) is 11.6 Å². The zero-order valence-corrected chi connectivity index (χ0v) is 12.7. The Labute approximate surface area is 127 Å². The Morgan fingerprint density at radius 2 is 1.85 bits per heavy atom. The van der Waals surface area contributed by atoms with Gasteiger partial charge in [0.05, 0.1) is 10.8 Å². The minimum Gasteiger partial charge on any atom is -0.293 e. The number of thiophene rings is 1. The van der Waals surface area contributed by atoms with Crippen LogP contribution >= 0.6 is 22.9 Å². The van der Waals surface area contributed by atoms with Crippen LogP contribution in [0.15, 0.2) is 41.8 Å². The van der Waals surface area contributed by atoms with Crippen molar-refractivity contribution in [3.8, 4) is 0 Å². The van der Waals surface area contributed by atoms with Crippen LogP contribution in [0.4, 0.5) is 0 Å². The summed E-state index contributed by atoms with van der Waals surface area (Å²) in [4.78, 5) is 25.6. The second kappa shape index (κ2) is 6.82. The summed E-state index contributed by atoms with van der Waals surface area (Å²) in [5.74, 6) is -0.802. The van der Waals surface area contributed by atoms with Crippen LogP contribution in [0, 0.1) is 5.92 Å². The standard InChI is InChI=1S/C16H15ClO2S/c1-2-4-13(16(19)14-5-3-10-20-14)15(18)11-6-8-12(17)9-7-11/h3,5-10,13H,2,4H2,1H3/t13-/m0/s1. The molecule has 104 valence electrons. The Morgan fingerprint density at radius 3 is 2.40 bits per heavy atom. The van der Waals surface area contributed by atoms with Crippen molar-refractivity contribution in [1.29, 1.82) is 0 Å². The highest BCUT2D eigenvalue weighted by atomic mass is 35.5. The minimum absolute atomic E-state index is 0.0817. The topological polar surface area (TPSA) is 34.1 Å². The zero-order valence-electron chi connectivity index (χ0n) is 11.1.